The average Bonchev–Trinajstić information content (AvgIpc) is 3.50. The fourth-order valence-electron chi connectivity index (χ4n) is 4.06. The second-order valence-electron chi connectivity index (χ2n) is 8.08. The SMILES string of the molecule is CCOC(=O)c1cc(Cc2ccccc2)sc1NC(=S)N1CCN(C(=O)[C@H]2CCCO2)CC1. The lowest BCUT2D eigenvalue weighted by atomic mass is 10.1. The van der Waals surface area contributed by atoms with E-state index >= 15 is 0 Å². The molecule has 3 heterocycles. The monoisotopic (exact) mass is 487 g/mol. The Bertz CT molecular complexity index is 981. The van der Waals surface area contributed by atoms with Crippen LogP contribution in [0.4, 0.5) is 5.00 Å². The van der Waals surface area contributed by atoms with E-state index in [1.54, 1.807) is 6.92 Å². The smallest absolute Gasteiger partial charge is 0.341 e. The Labute approximate surface area is 203 Å². The maximum Gasteiger partial charge on any atom is 0.341 e. The largest absolute Gasteiger partial charge is 0.462 e. The Morgan fingerprint density at radius 3 is 2.58 bits per heavy atom. The molecule has 2 aliphatic rings. The van der Waals surface area contributed by atoms with Crippen LogP contribution in [-0.4, -0.2) is 72.3 Å². The van der Waals surface area contributed by atoms with Gasteiger partial charge >= 0.3 is 5.97 Å². The van der Waals surface area contributed by atoms with E-state index < -0.39 is 0 Å². The van der Waals surface area contributed by atoms with Crippen LogP contribution in [0, 0.1) is 0 Å². The van der Waals surface area contributed by atoms with Gasteiger partial charge in [0, 0.05) is 44.1 Å². The molecule has 176 valence electrons. The minimum atomic E-state index is -0.356. The van der Waals surface area contributed by atoms with Gasteiger partial charge in [0.1, 0.15) is 11.1 Å². The number of ether oxygens (including phenoxy) is 2. The molecular weight excluding hydrogens is 458 g/mol. The van der Waals surface area contributed by atoms with Gasteiger partial charge < -0.3 is 24.6 Å². The molecule has 2 aromatic rings. The van der Waals surface area contributed by atoms with Crippen molar-refractivity contribution in [3.05, 3.63) is 52.4 Å². The van der Waals surface area contributed by atoms with Crippen LogP contribution in [-0.2, 0) is 20.7 Å². The summed E-state index contributed by atoms with van der Waals surface area (Å²) in [4.78, 5) is 30.1. The predicted octanol–water partition coefficient (Wildman–Crippen LogP) is 3.54. The number of benzene rings is 1. The number of hydrogen-bond donors (Lipinski definition) is 1. The van der Waals surface area contributed by atoms with Gasteiger partial charge in [0.05, 0.1) is 12.2 Å². The maximum atomic E-state index is 12.6. The molecule has 0 bridgehead atoms. The fourth-order valence-corrected chi connectivity index (χ4v) is 5.49. The number of amides is 1. The topological polar surface area (TPSA) is 71.1 Å². The van der Waals surface area contributed by atoms with Gasteiger partial charge in [-0.15, -0.1) is 11.3 Å². The zero-order valence-electron chi connectivity index (χ0n) is 18.7. The summed E-state index contributed by atoms with van der Waals surface area (Å²) in [5, 5.41) is 4.52. The summed E-state index contributed by atoms with van der Waals surface area (Å²) < 4.78 is 10.8. The molecule has 0 radical (unpaired) electrons. The molecule has 0 saturated carbocycles. The van der Waals surface area contributed by atoms with Crippen LogP contribution >= 0.6 is 23.6 Å². The van der Waals surface area contributed by atoms with Crippen LogP contribution in [0.3, 0.4) is 0 Å². The van der Waals surface area contributed by atoms with Crippen LogP contribution in [0.2, 0.25) is 0 Å². The normalized spacial score (nSPS) is 18.3. The first-order valence-corrected chi connectivity index (χ1v) is 12.6. The van der Waals surface area contributed by atoms with Gasteiger partial charge in [-0.25, -0.2) is 4.79 Å². The van der Waals surface area contributed by atoms with E-state index in [1.165, 1.54) is 16.9 Å². The summed E-state index contributed by atoms with van der Waals surface area (Å²) in [7, 11) is 0. The van der Waals surface area contributed by atoms with E-state index in [0.717, 1.165) is 24.1 Å². The van der Waals surface area contributed by atoms with E-state index in [-0.39, 0.29) is 18.0 Å². The van der Waals surface area contributed by atoms with Crippen LogP contribution < -0.4 is 5.32 Å². The van der Waals surface area contributed by atoms with Crippen molar-refractivity contribution in [1.82, 2.24) is 9.80 Å². The number of esters is 1. The molecule has 2 saturated heterocycles. The second-order valence-corrected chi connectivity index (χ2v) is 9.61. The van der Waals surface area contributed by atoms with Crippen LogP contribution in [0.25, 0.3) is 0 Å². The summed E-state index contributed by atoms with van der Waals surface area (Å²) in [5.74, 6) is -0.273. The standard InChI is InChI=1S/C24H29N3O4S2/c1-2-30-23(29)19-16-18(15-17-7-4-3-5-8-17)33-21(19)25-24(32)27-12-10-26(11-13-27)22(28)20-9-6-14-31-20/h3-5,7-8,16,20H,2,6,9-15H2,1H3,(H,25,32)/t20-/m1/s1. The Morgan fingerprint density at radius 1 is 1.18 bits per heavy atom. The molecule has 0 unspecified atom stereocenters. The summed E-state index contributed by atoms with van der Waals surface area (Å²) in [6.07, 6.45) is 2.19. The Morgan fingerprint density at radius 2 is 1.91 bits per heavy atom. The second kappa shape index (κ2) is 11.1. The van der Waals surface area contributed by atoms with E-state index in [2.05, 4.69) is 17.4 Å². The summed E-state index contributed by atoms with van der Waals surface area (Å²) in [6, 6.07) is 12.0. The van der Waals surface area contributed by atoms with Crippen LogP contribution in [0.1, 0.15) is 40.6 Å². The van der Waals surface area contributed by atoms with E-state index in [4.69, 9.17) is 21.7 Å². The zero-order chi connectivity index (χ0) is 23.2. The Kier molecular flexibility index (Phi) is 7.95. The number of piperazine rings is 1. The number of carbonyl (C=O) groups is 2. The number of hydrogen-bond acceptors (Lipinski definition) is 6. The molecular formula is C24H29N3O4S2. The highest BCUT2D eigenvalue weighted by atomic mass is 32.1. The third-order valence-electron chi connectivity index (χ3n) is 5.80. The molecule has 2 aliphatic heterocycles. The van der Waals surface area contributed by atoms with Crippen molar-refractivity contribution in [3.63, 3.8) is 0 Å². The van der Waals surface area contributed by atoms with Gasteiger partial charge in [-0.05, 0) is 43.6 Å². The van der Waals surface area contributed by atoms with Crippen molar-refractivity contribution in [2.24, 2.45) is 0 Å². The molecule has 2 fully saturated rings. The maximum absolute atomic E-state index is 12.6. The van der Waals surface area contributed by atoms with Crippen LogP contribution in [0.15, 0.2) is 36.4 Å². The number of thiophene rings is 1. The van der Waals surface area contributed by atoms with Crippen molar-refractivity contribution in [2.45, 2.75) is 32.3 Å². The number of rotatable bonds is 6. The minimum Gasteiger partial charge on any atom is -0.462 e. The van der Waals surface area contributed by atoms with E-state index in [9.17, 15) is 9.59 Å². The first-order valence-electron chi connectivity index (χ1n) is 11.3. The number of nitrogens with zero attached hydrogens (tertiary/aromatic N) is 2. The first kappa shape index (κ1) is 23.7. The van der Waals surface area contributed by atoms with Gasteiger partial charge in [0.25, 0.3) is 5.91 Å². The molecule has 1 aromatic heterocycles. The zero-order valence-corrected chi connectivity index (χ0v) is 20.4. The summed E-state index contributed by atoms with van der Waals surface area (Å²) in [6.45, 7) is 5.27. The highest BCUT2D eigenvalue weighted by molar-refractivity contribution is 7.80. The molecule has 4 rings (SSSR count). The van der Waals surface area contributed by atoms with Crippen molar-refractivity contribution < 1.29 is 19.1 Å². The molecule has 1 N–H and O–H groups in total. The number of nitrogens with one attached hydrogen (secondary N) is 1. The summed E-state index contributed by atoms with van der Waals surface area (Å²) >= 11 is 7.17. The lowest BCUT2D eigenvalue weighted by Gasteiger charge is -2.37. The summed E-state index contributed by atoms with van der Waals surface area (Å²) in [5.41, 5.74) is 1.68. The van der Waals surface area contributed by atoms with E-state index in [0.29, 0.717) is 55.1 Å². The van der Waals surface area contributed by atoms with E-state index in [1.807, 2.05) is 34.1 Å². The number of carbonyl (C=O) groups excluding carboxylic acids is 2. The molecule has 1 atom stereocenters. The van der Waals surface area contributed by atoms with Gasteiger partial charge in [0.2, 0.25) is 0 Å². The number of anilines is 1. The third-order valence-corrected chi connectivity index (χ3v) is 7.21. The number of thiocarbonyl (C=S) groups is 1. The molecule has 33 heavy (non-hydrogen) atoms. The predicted molar refractivity (Wildman–Crippen MR) is 133 cm³/mol. The quantitative estimate of drug-likeness (QED) is 0.494. The van der Waals surface area contributed by atoms with Crippen molar-refractivity contribution in [2.75, 3.05) is 44.7 Å². The molecule has 7 nitrogen and oxygen atoms in total. The third kappa shape index (κ3) is 5.90. The molecule has 1 aromatic carbocycles. The minimum absolute atomic E-state index is 0.0828. The highest BCUT2D eigenvalue weighted by Gasteiger charge is 2.31. The van der Waals surface area contributed by atoms with Gasteiger partial charge in [-0.2, -0.15) is 0 Å². The highest BCUT2D eigenvalue weighted by Crippen LogP contribution is 2.31. The van der Waals surface area contributed by atoms with Gasteiger partial charge in [-0.3, -0.25) is 4.79 Å². The fraction of sp³-hybridized carbons (Fsp3) is 0.458. The lowest BCUT2D eigenvalue weighted by Crippen LogP contribution is -2.53. The van der Waals surface area contributed by atoms with Gasteiger partial charge in [-0.1, -0.05) is 30.3 Å². The molecule has 0 spiro atoms. The van der Waals surface area contributed by atoms with Gasteiger partial charge in [0.15, 0.2) is 5.11 Å². The van der Waals surface area contributed by atoms with Crippen LogP contribution in [0.5, 0.6) is 0 Å². The average molecular weight is 488 g/mol. The van der Waals surface area contributed by atoms with Crippen molar-refractivity contribution >= 4 is 45.5 Å². The lowest BCUT2D eigenvalue weighted by molar-refractivity contribution is -0.142. The molecule has 1 amide bonds. The molecule has 0 aliphatic carbocycles. The molecule has 9 heteroatoms. The van der Waals surface area contributed by atoms with Crippen molar-refractivity contribution in [3.8, 4) is 0 Å². The Balaban J connectivity index is 1.40. The Hall–Kier alpha value is -2.49. The first-order chi connectivity index (χ1) is 16.0. The van der Waals surface area contributed by atoms with Crippen molar-refractivity contribution in [1.29, 1.82) is 0 Å².